The first-order valence-electron chi connectivity index (χ1n) is 12.8. The molecule has 0 spiro atoms. The predicted molar refractivity (Wildman–Crippen MR) is 140 cm³/mol. The molecule has 10 heteroatoms. The van der Waals surface area contributed by atoms with Crippen LogP contribution in [-0.2, 0) is 16.1 Å². The predicted octanol–water partition coefficient (Wildman–Crippen LogP) is 1.05. The van der Waals surface area contributed by atoms with Crippen LogP contribution in [0, 0.1) is 5.92 Å². The second-order valence-electron chi connectivity index (χ2n) is 9.37. The Labute approximate surface area is 212 Å². The lowest BCUT2D eigenvalue weighted by atomic mass is 10.1. The monoisotopic (exact) mass is 498 g/mol. The fourth-order valence-corrected chi connectivity index (χ4v) is 4.83. The Hall–Kier alpha value is -3.11. The molecule has 196 valence electrons. The summed E-state index contributed by atoms with van der Waals surface area (Å²) in [5, 5.41) is 7.35. The molecule has 1 aromatic carbocycles. The highest BCUT2D eigenvalue weighted by Crippen LogP contribution is 2.23. The number of benzene rings is 1. The molecule has 2 saturated heterocycles. The highest BCUT2D eigenvalue weighted by molar-refractivity contribution is 5.80. The summed E-state index contributed by atoms with van der Waals surface area (Å²) >= 11 is 0. The van der Waals surface area contributed by atoms with Crippen molar-refractivity contribution in [3.63, 3.8) is 0 Å². The molecule has 36 heavy (non-hydrogen) atoms. The zero-order valence-electron chi connectivity index (χ0n) is 21.4. The Morgan fingerprint density at radius 2 is 1.81 bits per heavy atom. The minimum atomic E-state index is -0.151. The maximum Gasteiger partial charge on any atom is 0.268 e. The van der Waals surface area contributed by atoms with Gasteiger partial charge < -0.3 is 24.6 Å². The smallest absolute Gasteiger partial charge is 0.268 e. The van der Waals surface area contributed by atoms with Gasteiger partial charge in [-0.25, -0.2) is 4.68 Å². The van der Waals surface area contributed by atoms with Gasteiger partial charge in [-0.2, -0.15) is 5.10 Å². The molecule has 2 fully saturated rings. The molecule has 1 N–H and O–H groups in total. The summed E-state index contributed by atoms with van der Waals surface area (Å²) < 4.78 is 11.7. The number of aromatic nitrogens is 2. The number of methoxy groups -OCH3 is 2. The van der Waals surface area contributed by atoms with Gasteiger partial charge in [0, 0.05) is 64.7 Å². The molecule has 0 aliphatic carbocycles. The third kappa shape index (κ3) is 6.76. The summed E-state index contributed by atoms with van der Waals surface area (Å²) in [4.78, 5) is 31.9. The van der Waals surface area contributed by atoms with E-state index >= 15 is 0 Å². The number of nitrogens with zero attached hydrogens (tertiary/aromatic N) is 5. The summed E-state index contributed by atoms with van der Waals surface area (Å²) in [6, 6.07) is 9.83. The standard InChI is InChI=1S/C26H38N6O4/c1-35-17-16-32-25(33)18-23(19-28-32)31-11-8-21(20-31)26(34)27-9-3-10-29-12-14-30(15-13-29)22-4-6-24(36-2)7-5-22/h4-7,18-19,21H,3,8-17,20H2,1-2H3,(H,27,34). The number of hydrogen-bond donors (Lipinski definition) is 1. The lowest BCUT2D eigenvalue weighted by Gasteiger charge is -2.36. The van der Waals surface area contributed by atoms with E-state index in [-0.39, 0.29) is 17.4 Å². The van der Waals surface area contributed by atoms with Crippen molar-refractivity contribution in [2.45, 2.75) is 19.4 Å². The fourth-order valence-electron chi connectivity index (χ4n) is 4.83. The molecule has 2 aliphatic heterocycles. The molecule has 0 bridgehead atoms. The van der Waals surface area contributed by atoms with Crippen LogP contribution in [0.2, 0.25) is 0 Å². The van der Waals surface area contributed by atoms with Gasteiger partial charge in [0.05, 0.1) is 38.1 Å². The Kier molecular flexibility index (Phi) is 9.18. The van der Waals surface area contributed by atoms with Gasteiger partial charge >= 0.3 is 0 Å². The van der Waals surface area contributed by atoms with Crippen LogP contribution >= 0.6 is 0 Å². The van der Waals surface area contributed by atoms with E-state index in [0.29, 0.717) is 26.2 Å². The molecule has 0 saturated carbocycles. The summed E-state index contributed by atoms with van der Waals surface area (Å²) in [5.74, 6) is 0.919. The fraction of sp³-hybridized carbons (Fsp3) is 0.577. The zero-order chi connectivity index (χ0) is 25.3. The minimum absolute atomic E-state index is 0.0611. The van der Waals surface area contributed by atoms with Gasteiger partial charge in [-0.15, -0.1) is 0 Å². The first-order valence-corrected chi connectivity index (χ1v) is 12.8. The van der Waals surface area contributed by atoms with Crippen molar-refractivity contribution in [3.8, 4) is 5.75 Å². The molecule has 1 atom stereocenters. The molecule has 2 aliphatic rings. The lowest BCUT2D eigenvalue weighted by Crippen LogP contribution is -2.47. The van der Waals surface area contributed by atoms with Crippen LogP contribution in [0.15, 0.2) is 41.3 Å². The quantitative estimate of drug-likeness (QED) is 0.460. The molecule has 1 aromatic heterocycles. The number of nitrogens with one attached hydrogen (secondary N) is 1. The van der Waals surface area contributed by atoms with Gasteiger partial charge in [-0.1, -0.05) is 0 Å². The second kappa shape index (κ2) is 12.7. The van der Waals surface area contributed by atoms with E-state index in [4.69, 9.17) is 9.47 Å². The van der Waals surface area contributed by atoms with Gasteiger partial charge in [-0.3, -0.25) is 14.5 Å². The molecule has 3 heterocycles. The Balaban J connectivity index is 1.13. The van der Waals surface area contributed by atoms with Gasteiger partial charge in [0.15, 0.2) is 0 Å². The number of anilines is 2. The first kappa shape index (κ1) is 26.0. The van der Waals surface area contributed by atoms with Gasteiger partial charge in [0.1, 0.15) is 5.75 Å². The average Bonchev–Trinajstić information content (AvgIpc) is 3.41. The van der Waals surface area contributed by atoms with Crippen LogP contribution in [-0.4, -0.2) is 93.8 Å². The number of hydrogen-bond acceptors (Lipinski definition) is 8. The number of rotatable bonds is 11. The summed E-state index contributed by atoms with van der Waals surface area (Å²) in [6.45, 7) is 7.96. The summed E-state index contributed by atoms with van der Waals surface area (Å²) in [5.41, 5.74) is 1.86. The Morgan fingerprint density at radius 1 is 1.03 bits per heavy atom. The Bertz CT molecular complexity index is 1040. The van der Waals surface area contributed by atoms with E-state index in [2.05, 4.69) is 37.2 Å². The van der Waals surface area contributed by atoms with Crippen LogP contribution < -0.4 is 25.4 Å². The largest absolute Gasteiger partial charge is 0.497 e. The van der Waals surface area contributed by atoms with Crippen molar-refractivity contribution in [2.75, 3.05) is 83.0 Å². The molecular weight excluding hydrogens is 460 g/mol. The average molecular weight is 499 g/mol. The minimum Gasteiger partial charge on any atom is -0.497 e. The number of amides is 1. The molecule has 0 radical (unpaired) electrons. The molecule has 2 aromatic rings. The van der Waals surface area contributed by atoms with Gasteiger partial charge in [0.25, 0.3) is 5.56 Å². The van der Waals surface area contributed by atoms with E-state index in [1.165, 1.54) is 10.4 Å². The highest BCUT2D eigenvalue weighted by Gasteiger charge is 2.28. The number of carbonyl (C=O) groups is 1. The molecular formula is C26H38N6O4. The van der Waals surface area contributed by atoms with Crippen LogP contribution in [0.25, 0.3) is 0 Å². The maximum atomic E-state index is 12.7. The van der Waals surface area contributed by atoms with E-state index in [1.807, 2.05) is 12.1 Å². The van der Waals surface area contributed by atoms with Crippen LogP contribution in [0.1, 0.15) is 12.8 Å². The molecule has 1 unspecified atom stereocenters. The highest BCUT2D eigenvalue weighted by atomic mass is 16.5. The molecule has 10 nitrogen and oxygen atoms in total. The van der Waals surface area contributed by atoms with Crippen LogP contribution in [0.3, 0.4) is 0 Å². The summed E-state index contributed by atoms with van der Waals surface area (Å²) in [6.07, 6.45) is 3.42. The van der Waals surface area contributed by atoms with E-state index in [0.717, 1.165) is 63.5 Å². The van der Waals surface area contributed by atoms with Crippen molar-refractivity contribution in [3.05, 3.63) is 46.9 Å². The van der Waals surface area contributed by atoms with Crippen molar-refractivity contribution in [1.29, 1.82) is 0 Å². The first-order chi connectivity index (χ1) is 17.6. The Morgan fingerprint density at radius 3 is 2.50 bits per heavy atom. The van der Waals surface area contributed by atoms with E-state index in [1.54, 1.807) is 26.5 Å². The van der Waals surface area contributed by atoms with Crippen molar-refractivity contribution in [1.82, 2.24) is 20.0 Å². The van der Waals surface area contributed by atoms with E-state index < -0.39 is 0 Å². The zero-order valence-corrected chi connectivity index (χ0v) is 21.4. The van der Waals surface area contributed by atoms with E-state index in [9.17, 15) is 9.59 Å². The number of ether oxygens (including phenoxy) is 2. The van der Waals surface area contributed by atoms with Crippen molar-refractivity contribution in [2.24, 2.45) is 5.92 Å². The normalized spacial score (nSPS) is 18.4. The second-order valence-corrected chi connectivity index (χ2v) is 9.37. The number of carbonyl (C=O) groups excluding carboxylic acids is 1. The molecule has 4 rings (SSSR count). The third-order valence-corrected chi connectivity index (χ3v) is 7.05. The lowest BCUT2D eigenvalue weighted by molar-refractivity contribution is -0.124. The molecule has 1 amide bonds. The summed E-state index contributed by atoms with van der Waals surface area (Å²) in [7, 11) is 3.28. The van der Waals surface area contributed by atoms with Crippen molar-refractivity contribution >= 4 is 17.3 Å². The SMILES string of the molecule is COCCn1ncc(N2CCC(C(=O)NCCCN3CCN(c4ccc(OC)cc4)CC3)C2)cc1=O. The topological polar surface area (TPSA) is 92.2 Å². The third-order valence-electron chi connectivity index (χ3n) is 7.05. The van der Waals surface area contributed by atoms with Gasteiger partial charge in [-0.05, 0) is 43.7 Å². The van der Waals surface area contributed by atoms with Crippen LogP contribution in [0.5, 0.6) is 5.75 Å². The van der Waals surface area contributed by atoms with Crippen LogP contribution in [0.4, 0.5) is 11.4 Å². The van der Waals surface area contributed by atoms with Crippen molar-refractivity contribution < 1.29 is 14.3 Å². The maximum absolute atomic E-state index is 12.7. The van der Waals surface area contributed by atoms with Gasteiger partial charge in [0.2, 0.25) is 5.91 Å². The number of piperazine rings is 1.